The topological polar surface area (TPSA) is 110 Å². The fourth-order valence-electron chi connectivity index (χ4n) is 3.93. The standard InChI is InChI=1S/C25H17F3N2O6/c1-36-19-11-7-15(8-12-19)22(31)20-21(14-5-9-17(10-6-14)30(34)35)29(24(33)23(20)32)18-4-2-3-16(13-18)25(26,27)28/h2-13,21,31H,1H3/t21-/m0/s1. The molecule has 0 aromatic heterocycles. The van der Waals surface area contributed by atoms with E-state index in [1.165, 1.54) is 49.6 Å². The molecule has 0 spiro atoms. The zero-order chi connectivity index (χ0) is 26.2. The number of aliphatic hydroxyl groups excluding tert-OH is 1. The molecule has 3 aromatic carbocycles. The van der Waals surface area contributed by atoms with Gasteiger partial charge in [0.25, 0.3) is 17.4 Å². The van der Waals surface area contributed by atoms with Crippen molar-refractivity contribution in [1.82, 2.24) is 0 Å². The van der Waals surface area contributed by atoms with E-state index in [1.54, 1.807) is 0 Å². The van der Waals surface area contributed by atoms with Crippen LogP contribution < -0.4 is 9.64 Å². The summed E-state index contributed by atoms with van der Waals surface area (Å²) in [4.78, 5) is 37.5. The van der Waals surface area contributed by atoms with Gasteiger partial charge in [0.2, 0.25) is 0 Å². The van der Waals surface area contributed by atoms with Crippen LogP contribution >= 0.6 is 0 Å². The quantitative estimate of drug-likeness (QED) is 0.169. The second-order valence-electron chi connectivity index (χ2n) is 7.79. The molecule has 36 heavy (non-hydrogen) atoms. The first kappa shape index (κ1) is 24.5. The van der Waals surface area contributed by atoms with Gasteiger partial charge in [-0.2, -0.15) is 13.2 Å². The van der Waals surface area contributed by atoms with E-state index in [1.807, 2.05) is 0 Å². The maximum Gasteiger partial charge on any atom is 0.416 e. The third-order valence-electron chi connectivity index (χ3n) is 5.68. The summed E-state index contributed by atoms with van der Waals surface area (Å²) in [6.45, 7) is 0. The lowest BCUT2D eigenvalue weighted by Crippen LogP contribution is -2.29. The van der Waals surface area contributed by atoms with Crippen LogP contribution in [-0.4, -0.2) is 28.8 Å². The van der Waals surface area contributed by atoms with Crippen molar-refractivity contribution in [3.05, 3.63) is 105 Å². The molecule has 1 fully saturated rings. The summed E-state index contributed by atoms with van der Waals surface area (Å²) in [6.07, 6.45) is -4.71. The van der Waals surface area contributed by atoms with Gasteiger partial charge in [-0.05, 0) is 60.2 Å². The Balaban J connectivity index is 1.93. The average Bonchev–Trinajstić information content (AvgIpc) is 3.13. The highest BCUT2D eigenvalue weighted by atomic mass is 19.4. The summed E-state index contributed by atoms with van der Waals surface area (Å²) in [5.74, 6) is -2.38. The number of alkyl halides is 3. The van der Waals surface area contributed by atoms with Crippen LogP contribution in [-0.2, 0) is 15.8 Å². The summed E-state index contributed by atoms with van der Waals surface area (Å²) in [6, 6.07) is 13.2. The normalized spacial score (nSPS) is 17.3. The molecule has 0 radical (unpaired) electrons. The molecule has 1 aliphatic heterocycles. The maximum absolute atomic E-state index is 13.4. The van der Waals surface area contributed by atoms with Crippen molar-refractivity contribution in [2.75, 3.05) is 12.0 Å². The highest BCUT2D eigenvalue weighted by molar-refractivity contribution is 6.51. The summed E-state index contributed by atoms with van der Waals surface area (Å²) >= 11 is 0. The predicted octanol–water partition coefficient (Wildman–Crippen LogP) is 5.25. The minimum absolute atomic E-state index is 0.157. The van der Waals surface area contributed by atoms with E-state index >= 15 is 0 Å². The number of Topliss-reactive ketones (excluding diaryl/α,β-unsaturated/α-hetero) is 1. The van der Waals surface area contributed by atoms with Crippen LogP contribution in [0.25, 0.3) is 5.76 Å². The van der Waals surface area contributed by atoms with E-state index in [0.717, 1.165) is 35.2 Å². The minimum atomic E-state index is -4.71. The minimum Gasteiger partial charge on any atom is -0.507 e. The van der Waals surface area contributed by atoms with Gasteiger partial charge in [-0.25, -0.2) is 0 Å². The molecule has 1 N–H and O–H groups in total. The van der Waals surface area contributed by atoms with Crippen LogP contribution in [0.4, 0.5) is 24.5 Å². The molecule has 0 aliphatic carbocycles. The van der Waals surface area contributed by atoms with E-state index in [-0.39, 0.29) is 28.1 Å². The number of methoxy groups -OCH3 is 1. The van der Waals surface area contributed by atoms with Crippen molar-refractivity contribution in [3.8, 4) is 5.75 Å². The fourth-order valence-corrected chi connectivity index (χ4v) is 3.93. The van der Waals surface area contributed by atoms with E-state index < -0.39 is 40.2 Å². The number of anilines is 1. The van der Waals surface area contributed by atoms with Gasteiger partial charge < -0.3 is 9.84 Å². The third-order valence-corrected chi connectivity index (χ3v) is 5.68. The lowest BCUT2D eigenvalue weighted by atomic mass is 9.95. The van der Waals surface area contributed by atoms with Gasteiger partial charge in [-0.15, -0.1) is 0 Å². The number of halogens is 3. The molecule has 184 valence electrons. The van der Waals surface area contributed by atoms with Crippen molar-refractivity contribution in [2.45, 2.75) is 12.2 Å². The smallest absolute Gasteiger partial charge is 0.416 e. The highest BCUT2D eigenvalue weighted by Crippen LogP contribution is 2.43. The van der Waals surface area contributed by atoms with Crippen LogP contribution in [0.5, 0.6) is 5.75 Å². The Morgan fingerprint density at radius 3 is 2.22 bits per heavy atom. The molecule has 0 bridgehead atoms. The largest absolute Gasteiger partial charge is 0.507 e. The number of hydrogen-bond acceptors (Lipinski definition) is 6. The molecule has 3 aromatic rings. The first-order valence-electron chi connectivity index (χ1n) is 10.4. The predicted molar refractivity (Wildman–Crippen MR) is 122 cm³/mol. The molecule has 1 heterocycles. The van der Waals surface area contributed by atoms with Gasteiger partial charge in [-0.3, -0.25) is 24.6 Å². The number of nitro benzene ring substituents is 1. The van der Waals surface area contributed by atoms with Gasteiger partial charge in [0.1, 0.15) is 11.5 Å². The van der Waals surface area contributed by atoms with Crippen molar-refractivity contribution in [2.24, 2.45) is 0 Å². The van der Waals surface area contributed by atoms with Gasteiger partial charge in [0.15, 0.2) is 0 Å². The van der Waals surface area contributed by atoms with Gasteiger partial charge in [0.05, 0.1) is 29.2 Å². The van der Waals surface area contributed by atoms with Crippen molar-refractivity contribution >= 4 is 28.8 Å². The van der Waals surface area contributed by atoms with E-state index in [2.05, 4.69) is 0 Å². The lowest BCUT2D eigenvalue weighted by molar-refractivity contribution is -0.384. The number of amides is 1. The number of carbonyl (C=O) groups is 2. The summed E-state index contributed by atoms with van der Waals surface area (Å²) in [5, 5.41) is 22.1. The summed E-state index contributed by atoms with van der Waals surface area (Å²) in [7, 11) is 1.43. The van der Waals surface area contributed by atoms with E-state index in [4.69, 9.17) is 4.74 Å². The molecule has 4 rings (SSSR count). The van der Waals surface area contributed by atoms with Gasteiger partial charge in [-0.1, -0.05) is 6.07 Å². The molecule has 1 amide bonds. The molecule has 8 nitrogen and oxygen atoms in total. The average molecular weight is 498 g/mol. The van der Waals surface area contributed by atoms with Gasteiger partial charge >= 0.3 is 6.18 Å². The Bertz CT molecular complexity index is 1380. The Morgan fingerprint density at radius 1 is 1.03 bits per heavy atom. The summed E-state index contributed by atoms with van der Waals surface area (Å²) < 4.78 is 45.2. The number of nitro groups is 1. The first-order chi connectivity index (χ1) is 17.0. The Morgan fingerprint density at radius 2 is 1.67 bits per heavy atom. The zero-order valence-corrected chi connectivity index (χ0v) is 18.5. The number of nitrogens with zero attached hydrogens (tertiary/aromatic N) is 2. The summed E-state index contributed by atoms with van der Waals surface area (Å²) in [5.41, 5.74) is -1.60. The Labute approximate surface area is 202 Å². The number of carbonyl (C=O) groups excluding carboxylic acids is 2. The highest BCUT2D eigenvalue weighted by Gasteiger charge is 2.47. The Hall–Kier alpha value is -4.67. The Kier molecular flexibility index (Phi) is 6.23. The van der Waals surface area contributed by atoms with Crippen LogP contribution in [0.3, 0.4) is 0 Å². The number of ketones is 1. The number of rotatable bonds is 5. The molecular weight excluding hydrogens is 481 g/mol. The van der Waals surface area contributed by atoms with Crippen LogP contribution in [0.1, 0.15) is 22.7 Å². The van der Waals surface area contributed by atoms with E-state index in [9.17, 15) is 38.0 Å². The number of ether oxygens (including phenoxy) is 1. The van der Waals surface area contributed by atoms with Crippen molar-refractivity contribution in [1.29, 1.82) is 0 Å². The third kappa shape index (κ3) is 4.38. The van der Waals surface area contributed by atoms with E-state index in [0.29, 0.717) is 5.75 Å². The number of hydrogen-bond donors (Lipinski definition) is 1. The molecule has 1 saturated heterocycles. The monoisotopic (exact) mass is 498 g/mol. The second kappa shape index (κ2) is 9.17. The number of aliphatic hydroxyl groups is 1. The molecule has 11 heteroatoms. The SMILES string of the molecule is COc1ccc(C(O)=C2C(=O)C(=O)N(c3cccc(C(F)(F)F)c3)[C@H]2c2ccc([N+](=O)[O-])cc2)cc1. The molecular formula is C25H17F3N2O6. The zero-order valence-electron chi connectivity index (χ0n) is 18.5. The van der Waals surface area contributed by atoms with Crippen LogP contribution in [0, 0.1) is 10.1 Å². The number of benzene rings is 3. The van der Waals surface area contributed by atoms with Crippen LogP contribution in [0.15, 0.2) is 78.4 Å². The first-order valence-corrected chi connectivity index (χ1v) is 10.4. The van der Waals surface area contributed by atoms with Crippen LogP contribution in [0.2, 0.25) is 0 Å². The molecule has 0 saturated carbocycles. The molecule has 1 aliphatic rings. The maximum atomic E-state index is 13.4. The second-order valence-corrected chi connectivity index (χ2v) is 7.79. The number of non-ortho nitro benzene ring substituents is 1. The lowest BCUT2D eigenvalue weighted by Gasteiger charge is -2.26. The molecule has 0 unspecified atom stereocenters. The molecule has 1 atom stereocenters. The van der Waals surface area contributed by atoms with Gasteiger partial charge in [0, 0.05) is 23.4 Å². The van der Waals surface area contributed by atoms with Crippen molar-refractivity contribution in [3.63, 3.8) is 0 Å². The van der Waals surface area contributed by atoms with Crippen molar-refractivity contribution < 1.29 is 37.5 Å². The fraction of sp³-hybridized carbons (Fsp3) is 0.120.